The van der Waals surface area contributed by atoms with Crippen LogP contribution < -0.4 is 15.4 Å². The molecular weight excluding hydrogens is 376 g/mol. The van der Waals surface area contributed by atoms with E-state index in [2.05, 4.69) is 75.3 Å². The highest BCUT2D eigenvalue weighted by Crippen LogP contribution is 2.23. The van der Waals surface area contributed by atoms with E-state index in [0.29, 0.717) is 0 Å². The van der Waals surface area contributed by atoms with Crippen molar-refractivity contribution >= 4 is 5.96 Å². The lowest BCUT2D eigenvalue weighted by Gasteiger charge is -2.31. The quantitative estimate of drug-likeness (QED) is 0.336. The predicted molar refractivity (Wildman–Crippen MR) is 124 cm³/mol. The van der Waals surface area contributed by atoms with Gasteiger partial charge in [0.25, 0.3) is 0 Å². The minimum absolute atomic E-state index is 0.239. The van der Waals surface area contributed by atoms with Gasteiger partial charge in [-0.3, -0.25) is 14.6 Å². The van der Waals surface area contributed by atoms with E-state index in [4.69, 9.17) is 4.74 Å². The molecule has 0 radical (unpaired) electrons. The maximum Gasteiger partial charge on any atom is 0.191 e. The molecule has 2 N–H and O–H groups in total. The Labute approximate surface area is 181 Å². The maximum absolute atomic E-state index is 5.43. The Balaban J connectivity index is 1.92. The lowest BCUT2D eigenvalue weighted by atomic mass is 10.0. The molecule has 0 aliphatic rings. The monoisotopic (exact) mass is 414 g/mol. The number of hydrogen-bond donors (Lipinski definition) is 2. The molecule has 7 heteroatoms. The lowest BCUT2D eigenvalue weighted by Crippen LogP contribution is -2.43. The van der Waals surface area contributed by atoms with Crippen molar-refractivity contribution in [3.63, 3.8) is 0 Å². The van der Waals surface area contributed by atoms with Crippen LogP contribution in [0.3, 0.4) is 0 Å². The van der Waals surface area contributed by atoms with E-state index in [1.165, 1.54) is 11.3 Å². The third-order valence-electron chi connectivity index (χ3n) is 5.36. The molecule has 1 aromatic heterocycles. The molecule has 1 heterocycles. The molecule has 2 aromatic rings. The lowest BCUT2D eigenvalue weighted by molar-refractivity contribution is 0.218. The van der Waals surface area contributed by atoms with Crippen LogP contribution in [0.4, 0.5) is 0 Å². The molecule has 2 rings (SSSR count). The first kappa shape index (κ1) is 23.7. The largest absolute Gasteiger partial charge is 0.497 e. The first-order chi connectivity index (χ1) is 14.5. The van der Waals surface area contributed by atoms with E-state index < -0.39 is 0 Å². The van der Waals surface area contributed by atoms with E-state index in [1.807, 2.05) is 20.0 Å². The average Bonchev–Trinajstić information content (AvgIpc) is 3.09. The van der Waals surface area contributed by atoms with Gasteiger partial charge in [0.1, 0.15) is 5.75 Å². The van der Waals surface area contributed by atoms with Crippen molar-refractivity contribution in [1.29, 1.82) is 0 Å². The van der Waals surface area contributed by atoms with Gasteiger partial charge < -0.3 is 15.4 Å². The van der Waals surface area contributed by atoms with E-state index >= 15 is 0 Å². The molecule has 30 heavy (non-hydrogen) atoms. The SMILES string of the molecule is CCN(CC)C(CNC(=NC)NCCCn1nc(C)cc1C)c1cccc(OC)c1. The fraction of sp³-hybridized carbons (Fsp3) is 0.565. The van der Waals surface area contributed by atoms with Crippen molar-refractivity contribution in [2.24, 2.45) is 4.99 Å². The van der Waals surface area contributed by atoms with Gasteiger partial charge in [-0.1, -0.05) is 26.0 Å². The van der Waals surface area contributed by atoms with Gasteiger partial charge in [0.15, 0.2) is 5.96 Å². The maximum atomic E-state index is 5.43. The predicted octanol–water partition coefficient (Wildman–Crippen LogP) is 3.15. The summed E-state index contributed by atoms with van der Waals surface area (Å²) in [5.41, 5.74) is 3.51. The number of ether oxygens (including phenoxy) is 1. The van der Waals surface area contributed by atoms with Crippen LogP contribution in [-0.2, 0) is 6.54 Å². The Hall–Kier alpha value is -2.54. The Bertz CT molecular complexity index is 797. The summed E-state index contributed by atoms with van der Waals surface area (Å²) in [4.78, 5) is 6.84. The highest BCUT2D eigenvalue weighted by molar-refractivity contribution is 5.79. The van der Waals surface area contributed by atoms with Gasteiger partial charge in [0.2, 0.25) is 0 Å². The number of aromatic nitrogens is 2. The fourth-order valence-corrected chi connectivity index (χ4v) is 3.72. The molecule has 0 saturated carbocycles. The molecule has 0 bridgehead atoms. The van der Waals surface area contributed by atoms with E-state index in [1.54, 1.807) is 7.11 Å². The van der Waals surface area contributed by atoms with Crippen molar-refractivity contribution in [1.82, 2.24) is 25.3 Å². The Morgan fingerprint density at radius 3 is 2.57 bits per heavy atom. The third-order valence-corrected chi connectivity index (χ3v) is 5.36. The summed E-state index contributed by atoms with van der Waals surface area (Å²) in [6, 6.07) is 10.7. The number of nitrogens with zero attached hydrogens (tertiary/aromatic N) is 4. The number of benzene rings is 1. The summed E-state index contributed by atoms with van der Waals surface area (Å²) in [6.07, 6.45) is 0.984. The fourth-order valence-electron chi connectivity index (χ4n) is 3.72. The summed E-state index contributed by atoms with van der Waals surface area (Å²) in [6.45, 7) is 13.0. The molecule has 0 aliphatic carbocycles. The summed E-state index contributed by atoms with van der Waals surface area (Å²) in [7, 11) is 3.52. The third kappa shape index (κ3) is 6.76. The summed E-state index contributed by atoms with van der Waals surface area (Å²) in [5, 5.41) is 11.4. The van der Waals surface area contributed by atoms with Crippen LogP contribution in [0.15, 0.2) is 35.3 Å². The summed E-state index contributed by atoms with van der Waals surface area (Å²) in [5.74, 6) is 1.71. The normalized spacial score (nSPS) is 12.8. The molecule has 1 atom stereocenters. The molecule has 0 amide bonds. The van der Waals surface area contributed by atoms with Gasteiger partial charge in [-0.15, -0.1) is 0 Å². The molecule has 1 unspecified atom stereocenters. The molecule has 7 nitrogen and oxygen atoms in total. The van der Waals surface area contributed by atoms with E-state index in [0.717, 1.165) is 56.5 Å². The standard InChI is InChI=1S/C23H38N6O/c1-7-28(8-2)22(20-11-9-12-21(16-20)30-6)17-26-23(24-5)25-13-10-14-29-19(4)15-18(3)27-29/h9,11-12,15-16,22H,7-8,10,13-14,17H2,1-6H3,(H2,24,25,26). The van der Waals surface area contributed by atoms with Crippen LogP contribution in [0.25, 0.3) is 0 Å². The van der Waals surface area contributed by atoms with Gasteiger partial charge in [-0.2, -0.15) is 5.10 Å². The number of guanidine groups is 1. The number of likely N-dealkylation sites (N-methyl/N-ethyl adjacent to an activating group) is 1. The van der Waals surface area contributed by atoms with Crippen LogP contribution in [0.1, 0.15) is 43.3 Å². The number of aliphatic imine (C=N–C) groups is 1. The van der Waals surface area contributed by atoms with E-state index in [-0.39, 0.29) is 6.04 Å². The highest BCUT2D eigenvalue weighted by atomic mass is 16.5. The molecule has 0 saturated heterocycles. The molecular formula is C23H38N6O. The first-order valence-electron chi connectivity index (χ1n) is 10.9. The number of methoxy groups -OCH3 is 1. The number of aryl methyl sites for hydroxylation is 3. The molecule has 1 aromatic carbocycles. The van der Waals surface area contributed by atoms with Gasteiger partial charge in [-0.25, -0.2) is 0 Å². The second kappa shape index (κ2) is 12.2. The average molecular weight is 415 g/mol. The van der Waals surface area contributed by atoms with Crippen molar-refractivity contribution < 1.29 is 4.74 Å². The second-order valence-electron chi connectivity index (χ2n) is 7.40. The second-order valence-corrected chi connectivity index (χ2v) is 7.40. The van der Waals surface area contributed by atoms with Crippen molar-refractivity contribution in [2.75, 3.05) is 40.3 Å². The Kier molecular flexibility index (Phi) is 9.67. The smallest absolute Gasteiger partial charge is 0.191 e. The van der Waals surface area contributed by atoms with Crippen molar-refractivity contribution in [3.05, 3.63) is 47.3 Å². The van der Waals surface area contributed by atoms with Crippen LogP contribution in [-0.4, -0.2) is 61.0 Å². The van der Waals surface area contributed by atoms with Crippen LogP contribution in [0, 0.1) is 13.8 Å². The zero-order chi connectivity index (χ0) is 21.9. The van der Waals surface area contributed by atoms with Gasteiger partial charge in [0.05, 0.1) is 18.8 Å². The first-order valence-corrected chi connectivity index (χ1v) is 10.9. The van der Waals surface area contributed by atoms with Crippen LogP contribution in [0.5, 0.6) is 5.75 Å². The van der Waals surface area contributed by atoms with E-state index in [9.17, 15) is 0 Å². The minimum Gasteiger partial charge on any atom is -0.497 e. The van der Waals surface area contributed by atoms with Gasteiger partial charge >= 0.3 is 0 Å². The van der Waals surface area contributed by atoms with Crippen LogP contribution in [0.2, 0.25) is 0 Å². The molecule has 0 aliphatic heterocycles. The number of hydrogen-bond acceptors (Lipinski definition) is 4. The Morgan fingerprint density at radius 2 is 1.97 bits per heavy atom. The highest BCUT2D eigenvalue weighted by Gasteiger charge is 2.19. The zero-order valence-electron chi connectivity index (χ0n) is 19.4. The molecule has 0 spiro atoms. The number of nitrogens with one attached hydrogen (secondary N) is 2. The van der Waals surface area contributed by atoms with Crippen molar-refractivity contribution in [2.45, 2.75) is 46.7 Å². The number of rotatable bonds is 11. The summed E-state index contributed by atoms with van der Waals surface area (Å²) < 4.78 is 7.49. The van der Waals surface area contributed by atoms with Gasteiger partial charge in [-0.05, 0) is 57.1 Å². The topological polar surface area (TPSA) is 66.7 Å². The summed E-state index contributed by atoms with van der Waals surface area (Å²) >= 11 is 0. The Morgan fingerprint density at radius 1 is 1.20 bits per heavy atom. The molecule has 0 fully saturated rings. The molecule has 166 valence electrons. The van der Waals surface area contributed by atoms with Crippen LogP contribution >= 0.6 is 0 Å². The minimum atomic E-state index is 0.239. The zero-order valence-corrected chi connectivity index (χ0v) is 19.4. The van der Waals surface area contributed by atoms with Gasteiger partial charge in [0, 0.05) is 32.4 Å². The van der Waals surface area contributed by atoms with Crippen molar-refractivity contribution in [3.8, 4) is 5.75 Å².